The fraction of sp³-hybridized carbons (Fsp3) is 0.353. The van der Waals surface area contributed by atoms with Gasteiger partial charge in [0.15, 0.2) is 0 Å². The Kier molecular flexibility index (Phi) is 4.59. The molecule has 1 aliphatic heterocycles. The molecular weight excluding hydrogens is 313 g/mol. The Balaban J connectivity index is 1.61. The van der Waals surface area contributed by atoms with Crippen molar-refractivity contribution in [3.05, 3.63) is 41.9 Å². The van der Waals surface area contributed by atoms with Crippen molar-refractivity contribution in [3.8, 4) is 11.3 Å². The molecule has 2 amide bonds. The number of benzene rings is 1. The molecule has 0 saturated carbocycles. The fourth-order valence-electron chi connectivity index (χ4n) is 2.76. The SMILES string of the molecule is CC(=O)N1CCC(NC(=O)c2cc(-c3cccc(F)c3)no2)CC1. The number of piperidine rings is 1. The highest BCUT2D eigenvalue weighted by atomic mass is 19.1. The summed E-state index contributed by atoms with van der Waals surface area (Å²) >= 11 is 0. The smallest absolute Gasteiger partial charge is 0.290 e. The van der Waals surface area contributed by atoms with Gasteiger partial charge in [0.1, 0.15) is 11.5 Å². The highest BCUT2D eigenvalue weighted by Gasteiger charge is 2.24. The van der Waals surface area contributed by atoms with E-state index in [2.05, 4.69) is 10.5 Å². The second kappa shape index (κ2) is 6.82. The molecule has 6 nitrogen and oxygen atoms in total. The van der Waals surface area contributed by atoms with Crippen LogP contribution in [0.5, 0.6) is 0 Å². The number of halogens is 1. The monoisotopic (exact) mass is 331 g/mol. The van der Waals surface area contributed by atoms with Gasteiger partial charge in [-0.2, -0.15) is 0 Å². The molecule has 7 heteroatoms. The maximum atomic E-state index is 13.2. The molecule has 1 aromatic carbocycles. The molecule has 3 rings (SSSR count). The Morgan fingerprint density at radius 2 is 2.04 bits per heavy atom. The molecule has 0 aliphatic carbocycles. The van der Waals surface area contributed by atoms with Crippen LogP contribution in [0.15, 0.2) is 34.9 Å². The van der Waals surface area contributed by atoms with Crippen LogP contribution in [-0.2, 0) is 4.79 Å². The number of rotatable bonds is 3. The number of hydrogen-bond donors (Lipinski definition) is 1. The molecule has 2 aromatic rings. The first-order valence-corrected chi connectivity index (χ1v) is 7.82. The van der Waals surface area contributed by atoms with Crippen LogP contribution in [0.3, 0.4) is 0 Å². The first-order valence-electron chi connectivity index (χ1n) is 7.82. The van der Waals surface area contributed by atoms with E-state index >= 15 is 0 Å². The summed E-state index contributed by atoms with van der Waals surface area (Å²) in [6, 6.07) is 7.43. The normalized spacial score (nSPS) is 15.3. The molecule has 0 spiro atoms. The zero-order valence-electron chi connectivity index (χ0n) is 13.3. The molecule has 1 saturated heterocycles. The van der Waals surface area contributed by atoms with E-state index in [0.29, 0.717) is 37.2 Å². The topological polar surface area (TPSA) is 75.4 Å². The van der Waals surface area contributed by atoms with Gasteiger partial charge < -0.3 is 14.7 Å². The van der Waals surface area contributed by atoms with Crippen molar-refractivity contribution in [2.45, 2.75) is 25.8 Å². The second-order valence-electron chi connectivity index (χ2n) is 5.84. The van der Waals surface area contributed by atoms with Gasteiger partial charge in [0.2, 0.25) is 11.7 Å². The Morgan fingerprint density at radius 1 is 1.29 bits per heavy atom. The molecule has 1 aliphatic rings. The molecule has 2 heterocycles. The van der Waals surface area contributed by atoms with Crippen molar-refractivity contribution in [1.29, 1.82) is 0 Å². The number of hydrogen-bond acceptors (Lipinski definition) is 4. The standard InChI is InChI=1S/C17H18FN3O3/c1-11(22)21-7-5-14(6-8-21)19-17(23)16-10-15(20-24-16)12-3-2-4-13(18)9-12/h2-4,9-10,14H,5-8H2,1H3,(H,19,23). The Morgan fingerprint density at radius 3 is 2.71 bits per heavy atom. The van der Waals surface area contributed by atoms with E-state index in [4.69, 9.17) is 4.52 Å². The average Bonchev–Trinajstić information content (AvgIpc) is 3.05. The van der Waals surface area contributed by atoms with E-state index in [-0.39, 0.29) is 29.4 Å². The molecule has 1 aromatic heterocycles. The van der Waals surface area contributed by atoms with Gasteiger partial charge in [-0.3, -0.25) is 9.59 Å². The largest absolute Gasteiger partial charge is 0.350 e. The minimum absolute atomic E-state index is 0.00387. The van der Waals surface area contributed by atoms with Crippen molar-refractivity contribution in [3.63, 3.8) is 0 Å². The summed E-state index contributed by atoms with van der Waals surface area (Å²) < 4.78 is 18.3. The van der Waals surface area contributed by atoms with E-state index < -0.39 is 0 Å². The van der Waals surface area contributed by atoms with E-state index in [0.717, 1.165) is 0 Å². The summed E-state index contributed by atoms with van der Waals surface area (Å²) in [6.45, 7) is 2.80. The predicted molar refractivity (Wildman–Crippen MR) is 84.6 cm³/mol. The highest BCUT2D eigenvalue weighted by molar-refractivity contribution is 5.92. The fourth-order valence-corrected chi connectivity index (χ4v) is 2.76. The van der Waals surface area contributed by atoms with Crippen LogP contribution >= 0.6 is 0 Å². The van der Waals surface area contributed by atoms with E-state index in [1.54, 1.807) is 24.0 Å². The molecule has 1 N–H and O–H groups in total. The quantitative estimate of drug-likeness (QED) is 0.936. The molecule has 0 atom stereocenters. The van der Waals surface area contributed by atoms with Crippen molar-refractivity contribution >= 4 is 11.8 Å². The minimum atomic E-state index is -0.376. The summed E-state index contributed by atoms with van der Waals surface area (Å²) in [7, 11) is 0. The van der Waals surface area contributed by atoms with Gasteiger partial charge in [0.05, 0.1) is 0 Å². The lowest BCUT2D eigenvalue weighted by molar-refractivity contribution is -0.129. The highest BCUT2D eigenvalue weighted by Crippen LogP contribution is 2.20. The van der Waals surface area contributed by atoms with Crippen LogP contribution in [0.1, 0.15) is 30.3 Å². The lowest BCUT2D eigenvalue weighted by Crippen LogP contribution is -2.45. The lowest BCUT2D eigenvalue weighted by Gasteiger charge is -2.31. The second-order valence-corrected chi connectivity index (χ2v) is 5.84. The van der Waals surface area contributed by atoms with Gasteiger partial charge in [-0.05, 0) is 25.0 Å². The Hall–Kier alpha value is -2.70. The van der Waals surface area contributed by atoms with Gasteiger partial charge in [0, 0.05) is 37.7 Å². The number of aromatic nitrogens is 1. The number of carbonyl (C=O) groups excluding carboxylic acids is 2. The number of nitrogens with one attached hydrogen (secondary N) is 1. The molecule has 0 unspecified atom stereocenters. The number of nitrogens with zero attached hydrogens (tertiary/aromatic N) is 2. The first kappa shape index (κ1) is 16.2. The zero-order chi connectivity index (χ0) is 17.1. The van der Waals surface area contributed by atoms with Gasteiger partial charge in [0.25, 0.3) is 5.91 Å². The van der Waals surface area contributed by atoms with E-state index in [1.165, 1.54) is 18.2 Å². The third-order valence-corrected chi connectivity index (χ3v) is 4.13. The number of amides is 2. The third kappa shape index (κ3) is 3.61. The van der Waals surface area contributed by atoms with Crippen molar-refractivity contribution in [2.24, 2.45) is 0 Å². The van der Waals surface area contributed by atoms with Gasteiger partial charge >= 0.3 is 0 Å². The maximum Gasteiger partial charge on any atom is 0.290 e. The van der Waals surface area contributed by atoms with Crippen molar-refractivity contribution in [2.75, 3.05) is 13.1 Å². The summed E-state index contributed by atoms with van der Waals surface area (Å²) in [5.41, 5.74) is 0.957. The molecule has 126 valence electrons. The number of carbonyl (C=O) groups is 2. The summed E-state index contributed by atoms with van der Waals surface area (Å²) in [5, 5.41) is 6.71. The summed E-state index contributed by atoms with van der Waals surface area (Å²) in [4.78, 5) is 25.3. The molecule has 0 radical (unpaired) electrons. The van der Waals surface area contributed by atoms with Crippen LogP contribution in [0, 0.1) is 5.82 Å². The van der Waals surface area contributed by atoms with Crippen molar-refractivity contribution in [1.82, 2.24) is 15.4 Å². The molecule has 1 fully saturated rings. The van der Waals surface area contributed by atoms with Crippen molar-refractivity contribution < 1.29 is 18.5 Å². The van der Waals surface area contributed by atoms with E-state index in [1.807, 2.05) is 0 Å². The maximum absolute atomic E-state index is 13.2. The van der Waals surface area contributed by atoms with Crippen LogP contribution in [0.4, 0.5) is 4.39 Å². The van der Waals surface area contributed by atoms with Gasteiger partial charge in [-0.15, -0.1) is 0 Å². The lowest BCUT2D eigenvalue weighted by atomic mass is 10.0. The first-order chi connectivity index (χ1) is 11.5. The third-order valence-electron chi connectivity index (χ3n) is 4.13. The van der Waals surface area contributed by atoms with Gasteiger partial charge in [-0.1, -0.05) is 17.3 Å². The minimum Gasteiger partial charge on any atom is -0.350 e. The van der Waals surface area contributed by atoms with Gasteiger partial charge in [-0.25, -0.2) is 4.39 Å². The van der Waals surface area contributed by atoms with Crippen LogP contribution in [0.2, 0.25) is 0 Å². The molecule has 24 heavy (non-hydrogen) atoms. The zero-order valence-corrected chi connectivity index (χ0v) is 13.3. The van der Waals surface area contributed by atoms with Crippen LogP contribution in [-0.4, -0.2) is 41.0 Å². The Labute approximate surface area is 138 Å². The van der Waals surface area contributed by atoms with E-state index in [9.17, 15) is 14.0 Å². The average molecular weight is 331 g/mol. The molecule has 0 bridgehead atoms. The van der Waals surface area contributed by atoms with Crippen LogP contribution in [0.25, 0.3) is 11.3 Å². The molecular formula is C17H18FN3O3. The Bertz CT molecular complexity index is 751. The van der Waals surface area contributed by atoms with Crippen LogP contribution < -0.4 is 5.32 Å². The summed E-state index contributed by atoms with van der Waals surface area (Å²) in [6.07, 6.45) is 1.41. The summed E-state index contributed by atoms with van der Waals surface area (Å²) in [5.74, 6) is -0.594. The number of likely N-dealkylation sites (tertiary alicyclic amines) is 1. The predicted octanol–water partition coefficient (Wildman–Crippen LogP) is 2.22.